The van der Waals surface area contributed by atoms with E-state index in [9.17, 15) is 19.5 Å². The molecule has 2 unspecified atom stereocenters. The molecule has 25 heavy (non-hydrogen) atoms. The number of anilines is 1. The molecule has 3 rings (SSSR count). The van der Waals surface area contributed by atoms with Gasteiger partial charge in [0.2, 0.25) is 0 Å². The minimum atomic E-state index is -1.13. The molecule has 0 saturated carbocycles. The number of amides is 2. The lowest BCUT2D eigenvalue weighted by Gasteiger charge is -2.17. The van der Waals surface area contributed by atoms with Gasteiger partial charge in [-0.15, -0.1) is 0 Å². The number of hydrogen-bond acceptors (Lipinski definition) is 3. The number of carboxylic acids is 1. The van der Waals surface area contributed by atoms with Crippen LogP contribution in [0.1, 0.15) is 10.4 Å². The molecule has 1 heterocycles. The lowest BCUT2D eigenvalue weighted by molar-refractivity contribution is -0.142. The maximum Gasteiger partial charge on any atom is 0.310 e. The van der Waals surface area contributed by atoms with Gasteiger partial charge in [-0.05, 0) is 36.4 Å². The van der Waals surface area contributed by atoms with Gasteiger partial charge in [-0.3, -0.25) is 14.4 Å². The lowest BCUT2D eigenvalue weighted by atomic mass is 10.0. The molecule has 2 N–H and O–H groups in total. The Labute approximate surface area is 149 Å². The fourth-order valence-corrected chi connectivity index (χ4v) is 2.91. The predicted octanol–water partition coefficient (Wildman–Crippen LogP) is 2.19. The molecule has 1 saturated heterocycles. The molecule has 2 atom stereocenters. The second kappa shape index (κ2) is 6.94. The zero-order chi connectivity index (χ0) is 18.0. The van der Waals surface area contributed by atoms with E-state index in [1.54, 1.807) is 42.5 Å². The number of nitrogens with zero attached hydrogens (tertiary/aromatic N) is 1. The zero-order valence-electron chi connectivity index (χ0n) is 13.1. The van der Waals surface area contributed by atoms with Crippen LogP contribution in [0.15, 0.2) is 54.6 Å². The highest BCUT2D eigenvalue weighted by Crippen LogP contribution is 2.26. The summed E-state index contributed by atoms with van der Waals surface area (Å²) >= 11 is 5.79. The van der Waals surface area contributed by atoms with Crippen molar-refractivity contribution in [2.75, 3.05) is 11.4 Å². The molecular formula is C18H15ClN2O4. The van der Waals surface area contributed by atoms with Crippen LogP contribution in [0, 0.1) is 5.92 Å². The van der Waals surface area contributed by atoms with E-state index in [1.807, 2.05) is 0 Å². The monoisotopic (exact) mass is 358 g/mol. The summed E-state index contributed by atoms with van der Waals surface area (Å²) in [6.07, 6.45) is 0. The first-order valence-corrected chi connectivity index (χ1v) is 8.01. The van der Waals surface area contributed by atoms with Crippen LogP contribution in [0.25, 0.3) is 0 Å². The van der Waals surface area contributed by atoms with Crippen LogP contribution in [0.3, 0.4) is 0 Å². The van der Waals surface area contributed by atoms with Crippen molar-refractivity contribution in [1.29, 1.82) is 0 Å². The van der Waals surface area contributed by atoms with Crippen molar-refractivity contribution in [3.05, 3.63) is 65.2 Å². The average molecular weight is 359 g/mol. The van der Waals surface area contributed by atoms with Gasteiger partial charge in [0, 0.05) is 22.8 Å². The Morgan fingerprint density at radius 1 is 1.08 bits per heavy atom. The summed E-state index contributed by atoms with van der Waals surface area (Å²) in [7, 11) is 0. The molecule has 1 aliphatic rings. The topological polar surface area (TPSA) is 86.7 Å². The molecule has 128 valence electrons. The number of para-hydroxylation sites is 1. The van der Waals surface area contributed by atoms with Gasteiger partial charge in [-0.25, -0.2) is 0 Å². The Bertz CT molecular complexity index is 808. The number of carbonyl (C=O) groups excluding carboxylic acids is 2. The summed E-state index contributed by atoms with van der Waals surface area (Å²) in [4.78, 5) is 37.9. The number of aliphatic carboxylic acids is 1. The first kappa shape index (κ1) is 17.0. The van der Waals surface area contributed by atoms with Crippen molar-refractivity contribution in [3.63, 3.8) is 0 Å². The van der Waals surface area contributed by atoms with E-state index in [-0.39, 0.29) is 6.54 Å². The largest absolute Gasteiger partial charge is 0.481 e. The third-order valence-corrected chi connectivity index (χ3v) is 4.34. The first-order valence-electron chi connectivity index (χ1n) is 7.63. The second-order valence-corrected chi connectivity index (χ2v) is 6.12. The summed E-state index contributed by atoms with van der Waals surface area (Å²) in [6.45, 7) is 0.00371. The van der Waals surface area contributed by atoms with Crippen LogP contribution >= 0.6 is 11.6 Å². The lowest BCUT2D eigenvalue weighted by Crippen LogP contribution is -2.46. The predicted molar refractivity (Wildman–Crippen MR) is 92.6 cm³/mol. The van der Waals surface area contributed by atoms with Crippen molar-refractivity contribution < 1.29 is 19.5 Å². The second-order valence-electron chi connectivity index (χ2n) is 5.69. The van der Waals surface area contributed by atoms with E-state index < -0.39 is 29.7 Å². The van der Waals surface area contributed by atoms with E-state index in [2.05, 4.69) is 5.32 Å². The fourth-order valence-electron chi connectivity index (χ4n) is 2.78. The molecule has 6 nitrogen and oxygen atoms in total. The summed E-state index contributed by atoms with van der Waals surface area (Å²) in [5.41, 5.74) is 0.904. The molecule has 2 aromatic carbocycles. The van der Waals surface area contributed by atoms with Crippen molar-refractivity contribution in [1.82, 2.24) is 5.32 Å². The van der Waals surface area contributed by atoms with Crippen LogP contribution in [0.5, 0.6) is 0 Å². The summed E-state index contributed by atoms with van der Waals surface area (Å²) in [6, 6.07) is 13.8. The van der Waals surface area contributed by atoms with E-state index in [1.165, 1.54) is 17.0 Å². The third kappa shape index (κ3) is 3.49. The molecule has 1 aliphatic heterocycles. The van der Waals surface area contributed by atoms with Crippen molar-refractivity contribution in [3.8, 4) is 0 Å². The molecule has 2 amide bonds. The molecule has 0 bridgehead atoms. The SMILES string of the molecule is O=C(NC1C(=O)N(c2ccccc2)CC1C(=O)O)c1ccc(Cl)cc1. The Kier molecular flexibility index (Phi) is 4.72. The van der Waals surface area contributed by atoms with Gasteiger partial charge in [0.05, 0.1) is 0 Å². The summed E-state index contributed by atoms with van der Waals surface area (Å²) < 4.78 is 0. The normalized spacial score (nSPS) is 19.7. The van der Waals surface area contributed by atoms with Gasteiger partial charge in [0.1, 0.15) is 12.0 Å². The first-order chi connectivity index (χ1) is 12.0. The summed E-state index contributed by atoms with van der Waals surface area (Å²) in [5.74, 6) is -3.12. The minimum Gasteiger partial charge on any atom is -0.481 e. The van der Waals surface area contributed by atoms with Crippen LogP contribution in [-0.2, 0) is 9.59 Å². The van der Waals surface area contributed by atoms with Crippen molar-refractivity contribution >= 4 is 35.1 Å². The van der Waals surface area contributed by atoms with Crippen LogP contribution in [-0.4, -0.2) is 35.5 Å². The number of halogens is 1. The van der Waals surface area contributed by atoms with Crippen LogP contribution < -0.4 is 10.2 Å². The summed E-state index contributed by atoms with van der Waals surface area (Å²) in [5, 5.41) is 12.5. The van der Waals surface area contributed by atoms with Gasteiger partial charge < -0.3 is 15.3 Å². The molecule has 0 aromatic heterocycles. The molecule has 0 aliphatic carbocycles. The van der Waals surface area contributed by atoms with Gasteiger partial charge >= 0.3 is 5.97 Å². The number of hydrogen-bond donors (Lipinski definition) is 2. The molecule has 0 radical (unpaired) electrons. The van der Waals surface area contributed by atoms with Crippen LogP contribution in [0.4, 0.5) is 5.69 Å². The van der Waals surface area contributed by atoms with Crippen molar-refractivity contribution in [2.24, 2.45) is 5.92 Å². The number of carbonyl (C=O) groups is 3. The fraction of sp³-hybridized carbons (Fsp3) is 0.167. The van der Waals surface area contributed by atoms with Crippen molar-refractivity contribution in [2.45, 2.75) is 6.04 Å². The molecule has 7 heteroatoms. The van der Waals surface area contributed by atoms with E-state index in [4.69, 9.17) is 11.6 Å². The quantitative estimate of drug-likeness (QED) is 0.877. The van der Waals surface area contributed by atoms with Gasteiger partial charge in [-0.1, -0.05) is 29.8 Å². The maximum absolute atomic E-state index is 12.7. The smallest absolute Gasteiger partial charge is 0.310 e. The van der Waals surface area contributed by atoms with Gasteiger partial charge in [0.25, 0.3) is 11.8 Å². The Morgan fingerprint density at radius 2 is 1.72 bits per heavy atom. The number of benzene rings is 2. The van der Waals surface area contributed by atoms with Gasteiger partial charge in [-0.2, -0.15) is 0 Å². The highest BCUT2D eigenvalue weighted by atomic mass is 35.5. The maximum atomic E-state index is 12.7. The Hall–Kier alpha value is -2.86. The Balaban J connectivity index is 1.83. The minimum absolute atomic E-state index is 0.00371. The van der Waals surface area contributed by atoms with E-state index >= 15 is 0 Å². The highest BCUT2D eigenvalue weighted by molar-refractivity contribution is 6.30. The number of rotatable bonds is 4. The number of carboxylic acid groups (broad SMARTS) is 1. The van der Waals surface area contributed by atoms with Gasteiger partial charge in [0.15, 0.2) is 0 Å². The third-order valence-electron chi connectivity index (χ3n) is 4.09. The van der Waals surface area contributed by atoms with E-state index in [0.29, 0.717) is 16.3 Å². The molecule has 2 aromatic rings. The number of nitrogens with one attached hydrogen (secondary N) is 1. The molecular weight excluding hydrogens is 344 g/mol. The standard InChI is InChI=1S/C18H15ClN2O4/c19-12-8-6-11(7-9-12)16(22)20-15-14(18(24)25)10-21(17(15)23)13-4-2-1-3-5-13/h1-9,14-15H,10H2,(H,20,22)(H,24,25). The molecule has 1 fully saturated rings. The Morgan fingerprint density at radius 3 is 2.32 bits per heavy atom. The molecule has 0 spiro atoms. The van der Waals surface area contributed by atoms with Crippen LogP contribution in [0.2, 0.25) is 5.02 Å². The average Bonchev–Trinajstić information content (AvgIpc) is 2.93. The van der Waals surface area contributed by atoms with E-state index in [0.717, 1.165) is 0 Å². The zero-order valence-corrected chi connectivity index (χ0v) is 13.8. The highest BCUT2D eigenvalue weighted by Gasteiger charge is 2.45.